The lowest BCUT2D eigenvalue weighted by molar-refractivity contribution is 0.0932. The first-order valence-electron chi connectivity index (χ1n) is 8.19. The zero-order valence-corrected chi connectivity index (χ0v) is 15.2. The topological polar surface area (TPSA) is 64.0 Å². The Balaban J connectivity index is 1.95. The van der Waals surface area contributed by atoms with Gasteiger partial charge in [0, 0.05) is 11.8 Å². The van der Waals surface area contributed by atoms with Crippen molar-refractivity contribution in [3.63, 3.8) is 0 Å². The van der Waals surface area contributed by atoms with Crippen LogP contribution in [0.15, 0.2) is 65.5 Å². The number of benzene rings is 2. The van der Waals surface area contributed by atoms with E-state index >= 15 is 0 Å². The van der Waals surface area contributed by atoms with Crippen molar-refractivity contribution < 1.29 is 4.79 Å². The number of nitrogens with one attached hydrogen (secondary N) is 1. The molecular formula is C20H18ClN3O2. The van der Waals surface area contributed by atoms with Gasteiger partial charge in [-0.2, -0.15) is 5.10 Å². The fourth-order valence-electron chi connectivity index (χ4n) is 2.66. The van der Waals surface area contributed by atoms with E-state index in [2.05, 4.69) is 10.4 Å². The van der Waals surface area contributed by atoms with Gasteiger partial charge in [-0.25, -0.2) is 4.68 Å². The molecule has 0 aliphatic rings. The number of amides is 1. The molecule has 0 unspecified atom stereocenters. The smallest absolute Gasteiger partial charge is 0.276 e. The van der Waals surface area contributed by atoms with Crippen molar-refractivity contribution in [2.75, 3.05) is 0 Å². The van der Waals surface area contributed by atoms with Gasteiger partial charge in [-0.15, -0.1) is 0 Å². The van der Waals surface area contributed by atoms with Crippen LogP contribution in [-0.2, 0) is 0 Å². The third kappa shape index (κ3) is 3.68. The van der Waals surface area contributed by atoms with Crippen molar-refractivity contribution in [3.8, 4) is 5.69 Å². The van der Waals surface area contributed by atoms with E-state index in [9.17, 15) is 9.59 Å². The van der Waals surface area contributed by atoms with E-state index in [1.54, 1.807) is 25.1 Å². The predicted molar refractivity (Wildman–Crippen MR) is 102 cm³/mol. The van der Waals surface area contributed by atoms with Crippen LogP contribution in [-0.4, -0.2) is 15.7 Å². The lowest BCUT2D eigenvalue weighted by Gasteiger charge is -2.15. The van der Waals surface area contributed by atoms with Gasteiger partial charge in [-0.1, -0.05) is 54.1 Å². The van der Waals surface area contributed by atoms with Crippen LogP contribution in [0.3, 0.4) is 0 Å². The zero-order valence-electron chi connectivity index (χ0n) is 14.4. The van der Waals surface area contributed by atoms with Crippen LogP contribution in [0.2, 0.25) is 5.02 Å². The van der Waals surface area contributed by atoms with E-state index in [4.69, 9.17) is 11.6 Å². The van der Waals surface area contributed by atoms with Crippen molar-refractivity contribution in [1.29, 1.82) is 0 Å². The molecule has 2 aromatic carbocycles. The summed E-state index contributed by atoms with van der Waals surface area (Å²) >= 11 is 6.23. The van der Waals surface area contributed by atoms with Crippen LogP contribution >= 0.6 is 11.6 Å². The number of carbonyl (C=O) groups is 1. The van der Waals surface area contributed by atoms with Gasteiger partial charge in [-0.3, -0.25) is 9.59 Å². The minimum absolute atomic E-state index is 0.168. The molecule has 0 aliphatic carbocycles. The van der Waals surface area contributed by atoms with E-state index in [0.717, 1.165) is 5.56 Å². The van der Waals surface area contributed by atoms with Crippen molar-refractivity contribution >= 4 is 17.5 Å². The van der Waals surface area contributed by atoms with Gasteiger partial charge in [-0.05, 0) is 31.5 Å². The minimum atomic E-state index is -0.521. The van der Waals surface area contributed by atoms with Gasteiger partial charge in [0.05, 0.1) is 16.8 Å². The fraction of sp³-hybridized carbons (Fsp3) is 0.150. The molecule has 0 saturated heterocycles. The number of nitrogens with zero attached hydrogens (tertiary/aromatic N) is 2. The van der Waals surface area contributed by atoms with Crippen molar-refractivity contribution in [3.05, 3.63) is 92.9 Å². The van der Waals surface area contributed by atoms with Crippen molar-refractivity contribution in [1.82, 2.24) is 15.1 Å². The quantitative estimate of drug-likeness (QED) is 0.765. The number of carbonyl (C=O) groups excluding carboxylic acids is 1. The molecule has 132 valence electrons. The second-order valence-corrected chi connectivity index (χ2v) is 6.37. The fourth-order valence-corrected chi connectivity index (χ4v) is 2.88. The first-order valence-corrected chi connectivity index (χ1v) is 8.57. The van der Waals surface area contributed by atoms with Gasteiger partial charge in [0.1, 0.15) is 0 Å². The van der Waals surface area contributed by atoms with Crippen molar-refractivity contribution in [2.24, 2.45) is 0 Å². The SMILES string of the molecule is Cc1cc(=O)c(C(=O)N[C@@H](C)c2ccccc2)nn1-c1ccccc1Cl. The molecule has 6 heteroatoms. The summed E-state index contributed by atoms with van der Waals surface area (Å²) in [6, 6.07) is 17.8. The Morgan fingerprint density at radius 2 is 1.77 bits per heavy atom. The summed E-state index contributed by atoms with van der Waals surface area (Å²) in [7, 11) is 0. The van der Waals surface area contributed by atoms with Gasteiger partial charge >= 0.3 is 0 Å². The molecule has 0 fully saturated rings. The summed E-state index contributed by atoms with van der Waals surface area (Å²) in [5, 5.41) is 7.56. The van der Waals surface area contributed by atoms with E-state index in [1.165, 1.54) is 10.7 Å². The zero-order chi connectivity index (χ0) is 18.7. The highest BCUT2D eigenvalue weighted by Gasteiger charge is 2.18. The van der Waals surface area contributed by atoms with Crippen LogP contribution in [0.4, 0.5) is 0 Å². The second kappa shape index (κ2) is 7.54. The summed E-state index contributed by atoms with van der Waals surface area (Å²) in [5.41, 5.74) is 1.55. The Bertz CT molecular complexity index is 999. The number of aromatic nitrogens is 2. The largest absolute Gasteiger partial charge is 0.344 e. The van der Waals surface area contributed by atoms with Gasteiger partial charge in [0.15, 0.2) is 5.69 Å². The standard InChI is InChI=1S/C20H18ClN3O2/c1-13-12-18(25)19(23-24(13)17-11-7-6-10-16(17)21)20(26)22-14(2)15-8-4-3-5-9-15/h3-12,14H,1-2H3,(H,22,26)/t14-/m0/s1. The Hall–Kier alpha value is -2.92. The summed E-state index contributed by atoms with van der Waals surface area (Å²) in [4.78, 5) is 24.9. The van der Waals surface area contributed by atoms with E-state index in [-0.39, 0.29) is 11.7 Å². The Labute approximate surface area is 156 Å². The lowest BCUT2D eigenvalue weighted by atomic mass is 10.1. The number of hydrogen-bond acceptors (Lipinski definition) is 3. The Morgan fingerprint density at radius 1 is 1.12 bits per heavy atom. The van der Waals surface area contributed by atoms with Crippen LogP contribution in [0.1, 0.15) is 34.7 Å². The first-order chi connectivity index (χ1) is 12.5. The van der Waals surface area contributed by atoms with Crippen LogP contribution < -0.4 is 10.7 Å². The number of aryl methyl sites for hydroxylation is 1. The van der Waals surface area contributed by atoms with Gasteiger partial charge in [0.25, 0.3) is 5.91 Å². The maximum atomic E-state index is 12.6. The highest BCUT2D eigenvalue weighted by Crippen LogP contribution is 2.20. The number of halogens is 1. The highest BCUT2D eigenvalue weighted by atomic mass is 35.5. The highest BCUT2D eigenvalue weighted by molar-refractivity contribution is 6.32. The Kier molecular flexibility index (Phi) is 5.19. The van der Waals surface area contributed by atoms with Crippen molar-refractivity contribution in [2.45, 2.75) is 19.9 Å². The molecule has 0 radical (unpaired) electrons. The number of hydrogen-bond donors (Lipinski definition) is 1. The van der Waals surface area contributed by atoms with Gasteiger partial charge in [0.2, 0.25) is 5.43 Å². The molecule has 1 atom stereocenters. The van der Waals surface area contributed by atoms with Gasteiger partial charge < -0.3 is 5.32 Å². The van der Waals surface area contributed by atoms with E-state index < -0.39 is 11.3 Å². The molecule has 0 bridgehead atoms. The molecule has 1 heterocycles. The molecule has 3 aromatic rings. The summed E-state index contributed by atoms with van der Waals surface area (Å²) in [5.74, 6) is -0.521. The summed E-state index contributed by atoms with van der Waals surface area (Å²) in [6.07, 6.45) is 0. The van der Waals surface area contributed by atoms with E-state index in [0.29, 0.717) is 16.4 Å². The maximum Gasteiger partial charge on any atom is 0.276 e. The molecule has 1 amide bonds. The normalized spacial score (nSPS) is 11.8. The number of para-hydroxylation sites is 1. The monoisotopic (exact) mass is 367 g/mol. The molecule has 0 saturated carbocycles. The van der Waals surface area contributed by atoms with E-state index in [1.807, 2.05) is 43.3 Å². The minimum Gasteiger partial charge on any atom is -0.344 e. The third-order valence-electron chi connectivity index (χ3n) is 4.05. The average Bonchev–Trinajstić information content (AvgIpc) is 2.63. The summed E-state index contributed by atoms with van der Waals surface area (Å²) < 4.78 is 1.51. The molecule has 26 heavy (non-hydrogen) atoms. The number of rotatable bonds is 4. The molecule has 1 aromatic heterocycles. The lowest BCUT2D eigenvalue weighted by Crippen LogP contribution is -2.33. The third-order valence-corrected chi connectivity index (χ3v) is 4.37. The molecule has 3 rings (SSSR count). The average molecular weight is 368 g/mol. The van der Waals surface area contributed by atoms with Crippen LogP contribution in [0.25, 0.3) is 5.69 Å². The second-order valence-electron chi connectivity index (χ2n) is 5.97. The predicted octanol–water partition coefficient (Wildman–Crippen LogP) is 3.69. The van der Waals surface area contributed by atoms with Crippen LogP contribution in [0.5, 0.6) is 0 Å². The van der Waals surface area contributed by atoms with Crippen LogP contribution in [0, 0.1) is 6.92 Å². The first kappa shape index (κ1) is 17.9. The molecule has 5 nitrogen and oxygen atoms in total. The molecule has 0 spiro atoms. The summed E-state index contributed by atoms with van der Waals surface area (Å²) in [6.45, 7) is 3.60. The molecule has 1 N–H and O–H groups in total. The molecular weight excluding hydrogens is 350 g/mol. The Morgan fingerprint density at radius 3 is 2.46 bits per heavy atom. The molecule has 0 aliphatic heterocycles. The maximum absolute atomic E-state index is 12.6.